The summed E-state index contributed by atoms with van der Waals surface area (Å²) in [7, 11) is -3.80. The highest BCUT2D eigenvalue weighted by atomic mass is 32.2. The van der Waals surface area contributed by atoms with E-state index in [4.69, 9.17) is 0 Å². The molecule has 1 saturated heterocycles. The molecule has 1 N–H and O–H groups in total. The van der Waals surface area contributed by atoms with Crippen molar-refractivity contribution in [2.75, 3.05) is 18.4 Å². The third kappa shape index (κ3) is 4.97. The molecule has 2 aromatic carbocycles. The second-order valence-electron chi connectivity index (χ2n) is 7.40. The van der Waals surface area contributed by atoms with E-state index in [1.54, 1.807) is 4.68 Å². The van der Waals surface area contributed by atoms with Gasteiger partial charge in [-0.15, -0.1) is 5.10 Å². The number of amides is 1. The van der Waals surface area contributed by atoms with Gasteiger partial charge in [0, 0.05) is 13.1 Å². The Kier molecular flexibility index (Phi) is 6.10. The van der Waals surface area contributed by atoms with Crippen molar-refractivity contribution >= 4 is 21.9 Å². The van der Waals surface area contributed by atoms with E-state index >= 15 is 0 Å². The highest BCUT2D eigenvalue weighted by Crippen LogP contribution is 2.24. The molecule has 1 aliphatic rings. The van der Waals surface area contributed by atoms with E-state index in [0.717, 1.165) is 17.7 Å². The number of hydrogen-bond donors (Lipinski definition) is 1. The average Bonchev–Trinajstić information content (AvgIpc) is 3.21. The quantitative estimate of drug-likeness (QED) is 0.631. The van der Waals surface area contributed by atoms with Gasteiger partial charge in [-0.1, -0.05) is 30.3 Å². The summed E-state index contributed by atoms with van der Waals surface area (Å²) in [4.78, 5) is 16.9. The summed E-state index contributed by atoms with van der Waals surface area (Å²) >= 11 is 0. The lowest BCUT2D eigenvalue weighted by Gasteiger charge is -2.31. The lowest BCUT2D eigenvalue weighted by molar-refractivity contribution is -0.120. The van der Waals surface area contributed by atoms with Crippen LogP contribution in [0, 0.1) is 11.7 Å². The second kappa shape index (κ2) is 8.94. The summed E-state index contributed by atoms with van der Waals surface area (Å²) in [5.74, 6) is -1.17. The van der Waals surface area contributed by atoms with E-state index in [1.165, 1.54) is 22.8 Å². The summed E-state index contributed by atoms with van der Waals surface area (Å²) in [6.45, 7) is 0.889. The molecule has 2 heterocycles. The number of carbonyl (C=O) groups excluding carboxylic acids is 1. The molecular weight excluding hydrogens is 421 g/mol. The van der Waals surface area contributed by atoms with Gasteiger partial charge in [-0.2, -0.15) is 4.31 Å². The number of carbonyl (C=O) groups is 1. The van der Waals surface area contributed by atoms with Gasteiger partial charge in [-0.05, 0) is 42.7 Å². The Labute approximate surface area is 179 Å². The van der Waals surface area contributed by atoms with Gasteiger partial charge in [-0.3, -0.25) is 10.1 Å². The van der Waals surface area contributed by atoms with Gasteiger partial charge >= 0.3 is 0 Å². The van der Waals surface area contributed by atoms with Gasteiger partial charge in [0.05, 0.1) is 17.4 Å². The highest BCUT2D eigenvalue weighted by molar-refractivity contribution is 7.89. The first-order valence-electron chi connectivity index (χ1n) is 9.92. The van der Waals surface area contributed by atoms with Crippen molar-refractivity contribution in [3.63, 3.8) is 0 Å². The molecule has 8 nitrogen and oxygen atoms in total. The molecule has 1 aromatic heterocycles. The Hall–Kier alpha value is -3.11. The Morgan fingerprint density at radius 3 is 2.61 bits per heavy atom. The molecule has 0 spiro atoms. The molecule has 10 heteroatoms. The molecule has 162 valence electrons. The van der Waals surface area contributed by atoms with Crippen molar-refractivity contribution in [1.29, 1.82) is 0 Å². The average molecular weight is 444 g/mol. The number of halogens is 1. The van der Waals surface area contributed by atoms with Gasteiger partial charge in [0.1, 0.15) is 12.1 Å². The number of rotatable bonds is 6. The van der Waals surface area contributed by atoms with E-state index in [9.17, 15) is 17.6 Å². The van der Waals surface area contributed by atoms with Crippen LogP contribution in [0.1, 0.15) is 18.4 Å². The van der Waals surface area contributed by atoms with Crippen LogP contribution in [0.2, 0.25) is 0 Å². The molecule has 0 radical (unpaired) electrons. The minimum Gasteiger partial charge on any atom is -0.293 e. The van der Waals surface area contributed by atoms with E-state index in [-0.39, 0.29) is 23.3 Å². The molecule has 4 rings (SSSR count). The largest absolute Gasteiger partial charge is 0.293 e. The molecule has 31 heavy (non-hydrogen) atoms. The molecule has 0 bridgehead atoms. The van der Waals surface area contributed by atoms with Crippen molar-refractivity contribution in [3.8, 4) is 0 Å². The maximum absolute atomic E-state index is 13.1. The van der Waals surface area contributed by atoms with Crippen LogP contribution in [0.15, 0.2) is 65.8 Å². The van der Waals surface area contributed by atoms with Crippen LogP contribution in [-0.2, 0) is 21.4 Å². The van der Waals surface area contributed by atoms with E-state index in [0.29, 0.717) is 25.9 Å². The predicted octanol–water partition coefficient (Wildman–Crippen LogP) is 2.50. The van der Waals surface area contributed by atoms with Crippen LogP contribution >= 0.6 is 0 Å². The van der Waals surface area contributed by atoms with Crippen molar-refractivity contribution < 1.29 is 17.6 Å². The second-order valence-corrected chi connectivity index (χ2v) is 9.33. The summed E-state index contributed by atoms with van der Waals surface area (Å²) in [6, 6.07) is 14.4. The lowest BCUT2D eigenvalue weighted by Crippen LogP contribution is -2.43. The Bertz CT molecular complexity index is 1150. The third-order valence-electron chi connectivity index (χ3n) is 5.17. The standard InChI is InChI=1S/C21H22FN5O3S/c22-18-8-10-19(11-9-18)31(29,30)27-12-4-7-17(14-27)20(28)24-21-23-15-26(25-21)13-16-5-2-1-3-6-16/h1-3,5-6,8-11,15,17H,4,7,12-14H2,(H,24,25,28). The van der Waals surface area contributed by atoms with Crippen LogP contribution in [0.25, 0.3) is 0 Å². The molecule has 1 amide bonds. The van der Waals surface area contributed by atoms with Crippen LogP contribution in [0.4, 0.5) is 10.3 Å². The zero-order valence-electron chi connectivity index (χ0n) is 16.7. The molecule has 1 unspecified atom stereocenters. The SMILES string of the molecule is O=C(Nc1ncn(Cc2ccccc2)n1)C1CCCN(S(=O)(=O)c2ccc(F)cc2)C1. The smallest absolute Gasteiger partial charge is 0.248 e. The number of sulfonamides is 1. The number of hydrogen-bond acceptors (Lipinski definition) is 5. The molecular formula is C21H22FN5O3S. The first-order chi connectivity index (χ1) is 14.9. The molecule has 1 aliphatic heterocycles. The fourth-order valence-electron chi connectivity index (χ4n) is 3.54. The number of piperidine rings is 1. The minimum atomic E-state index is -3.80. The maximum Gasteiger partial charge on any atom is 0.248 e. The highest BCUT2D eigenvalue weighted by Gasteiger charge is 2.33. The third-order valence-corrected chi connectivity index (χ3v) is 7.04. The van der Waals surface area contributed by atoms with Crippen LogP contribution in [0.5, 0.6) is 0 Å². The molecule has 0 saturated carbocycles. The Morgan fingerprint density at radius 2 is 1.87 bits per heavy atom. The van der Waals surface area contributed by atoms with E-state index in [1.807, 2.05) is 30.3 Å². The first-order valence-corrected chi connectivity index (χ1v) is 11.4. The minimum absolute atomic E-state index is 0.0104. The normalized spacial score (nSPS) is 17.4. The van der Waals surface area contributed by atoms with Gasteiger partial charge in [0.15, 0.2) is 0 Å². The fourth-order valence-corrected chi connectivity index (χ4v) is 5.07. The zero-order chi connectivity index (χ0) is 21.8. The van der Waals surface area contributed by atoms with Gasteiger partial charge in [-0.25, -0.2) is 22.5 Å². The first kappa shape index (κ1) is 21.1. The van der Waals surface area contributed by atoms with E-state index < -0.39 is 21.8 Å². The summed E-state index contributed by atoms with van der Waals surface area (Å²) in [5.41, 5.74) is 1.05. The van der Waals surface area contributed by atoms with Crippen LogP contribution in [0.3, 0.4) is 0 Å². The van der Waals surface area contributed by atoms with Crippen molar-refractivity contribution in [2.45, 2.75) is 24.3 Å². The number of benzene rings is 2. The zero-order valence-corrected chi connectivity index (χ0v) is 17.5. The maximum atomic E-state index is 13.1. The topological polar surface area (TPSA) is 97.2 Å². The van der Waals surface area contributed by atoms with Crippen molar-refractivity contribution in [3.05, 3.63) is 72.3 Å². The Balaban J connectivity index is 1.39. The number of anilines is 1. The van der Waals surface area contributed by atoms with Crippen molar-refractivity contribution in [1.82, 2.24) is 19.1 Å². The summed E-state index contributed by atoms with van der Waals surface area (Å²) < 4.78 is 41.7. The van der Waals surface area contributed by atoms with Gasteiger partial charge < -0.3 is 0 Å². The molecule has 0 aliphatic carbocycles. The number of nitrogens with one attached hydrogen (secondary N) is 1. The molecule has 1 atom stereocenters. The van der Waals surface area contributed by atoms with E-state index in [2.05, 4.69) is 15.4 Å². The predicted molar refractivity (Wildman–Crippen MR) is 112 cm³/mol. The molecule has 1 fully saturated rings. The molecule has 3 aromatic rings. The summed E-state index contributed by atoms with van der Waals surface area (Å²) in [6.07, 6.45) is 2.65. The lowest BCUT2D eigenvalue weighted by atomic mass is 9.99. The van der Waals surface area contributed by atoms with Crippen molar-refractivity contribution in [2.24, 2.45) is 5.92 Å². The summed E-state index contributed by atoms with van der Waals surface area (Å²) in [5, 5.41) is 6.95. The van der Waals surface area contributed by atoms with Crippen LogP contribution in [-0.4, -0.2) is 46.5 Å². The fraction of sp³-hybridized carbons (Fsp3) is 0.286. The monoisotopic (exact) mass is 443 g/mol. The van der Waals surface area contributed by atoms with Crippen LogP contribution < -0.4 is 5.32 Å². The number of nitrogens with zero attached hydrogens (tertiary/aromatic N) is 4. The number of aromatic nitrogens is 3. The Morgan fingerprint density at radius 1 is 1.13 bits per heavy atom. The van der Waals surface area contributed by atoms with Gasteiger partial charge in [0.2, 0.25) is 21.9 Å². The van der Waals surface area contributed by atoms with Gasteiger partial charge in [0.25, 0.3) is 0 Å².